The van der Waals surface area contributed by atoms with E-state index in [-0.39, 0.29) is 54.0 Å². The zero-order chi connectivity index (χ0) is 34.1. The van der Waals surface area contributed by atoms with Crippen LogP contribution in [0.25, 0.3) is 0 Å². The number of hydrogen-bond donors (Lipinski definition) is 3. The Morgan fingerprint density at radius 3 is 2.57 bits per heavy atom. The monoisotopic (exact) mass is 670 g/mol. The molecule has 0 saturated heterocycles. The molecule has 1 aliphatic heterocycles. The fraction of sp³-hybridized carbons (Fsp3) is 0.485. The molecule has 13 nitrogen and oxygen atoms in total. The normalized spacial score (nSPS) is 20.3. The second kappa shape index (κ2) is 16.1. The van der Waals surface area contributed by atoms with Crippen molar-refractivity contribution in [1.82, 2.24) is 19.4 Å². The second-order valence-corrected chi connectivity index (χ2v) is 13.8. The highest BCUT2D eigenvalue weighted by Crippen LogP contribution is 2.29. The lowest BCUT2D eigenvalue weighted by molar-refractivity contribution is -0.0115. The molecule has 47 heavy (non-hydrogen) atoms. The van der Waals surface area contributed by atoms with E-state index in [9.17, 15) is 23.1 Å². The third-order valence-corrected chi connectivity index (χ3v) is 9.35. The van der Waals surface area contributed by atoms with Crippen LogP contribution in [0.3, 0.4) is 0 Å². The van der Waals surface area contributed by atoms with Crippen LogP contribution in [0.5, 0.6) is 5.75 Å². The third-order valence-electron chi connectivity index (χ3n) is 8.09. The number of sulfonamides is 1. The predicted molar refractivity (Wildman–Crippen MR) is 179 cm³/mol. The summed E-state index contributed by atoms with van der Waals surface area (Å²) in [4.78, 5) is 34.4. The van der Waals surface area contributed by atoms with Crippen LogP contribution in [-0.4, -0.2) is 96.4 Å². The van der Waals surface area contributed by atoms with E-state index in [1.54, 1.807) is 43.0 Å². The Labute approximate surface area is 276 Å². The topological polar surface area (TPSA) is 155 Å². The fourth-order valence-electron chi connectivity index (χ4n) is 5.28. The number of aromatic nitrogens is 2. The summed E-state index contributed by atoms with van der Waals surface area (Å²) >= 11 is 0. The van der Waals surface area contributed by atoms with Gasteiger partial charge in [-0.05, 0) is 63.4 Å². The van der Waals surface area contributed by atoms with Crippen molar-refractivity contribution in [2.75, 3.05) is 43.4 Å². The molecule has 256 valence electrons. The van der Waals surface area contributed by atoms with Crippen LogP contribution in [0.1, 0.15) is 50.4 Å². The number of nitrogens with one attached hydrogen (secondary N) is 2. The molecule has 1 aliphatic rings. The number of amides is 3. The molecular formula is C33H46N6O7S. The average molecular weight is 671 g/mol. The van der Waals surface area contributed by atoms with E-state index < -0.39 is 28.1 Å². The third kappa shape index (κ3) is 9.69. The van der Waals surface area contributed by atoms with E-state index in [1.807, 2.05) is 44.2 Å². The van der Waals surface area contributed by atoms with Crippen molar-refractivity contribution >= 4 is 33.3 Å². The molecule has 0 saturated carbocycles. The lowest BCUT2D eigenvalue weighted by Gasteiger charge is -2.35. The lowest BCUT2D eigenvalue weighted by Crippen LogP contribution is -2.48. The molecule has 3 amide bonds. The van der Waals surface area contributed by atoms with Crippen molar-refractivity contribution in [2.45, 2.75) is 63.3 Å². The highest BCUT2D eigenvalue weighted by atomic mass is 32.2. The van der Waals surface area contributed by atoms with Gasteiger partial charge >= 0.3 is 6.03 Å². The van der Waals surface area contributed by atoms with Gasteiger partial charge in [-0.3, -0.25) is 9.52 Å². The molecule has 1 aromatic heterocycles. The smallest absolute Gasteiger partial charge is 0.321 e. The van der Waals surface area contributed by atoms with Crippen LogP contribution in [0.4, 0.5) is 16.2 Å². The van der Waals surface area contributed by atoms with Gasteiger partial charge in [-0.15, -0.1) is 0 Å². The fourth-order valence-corrected chi connectivity index (χ4v) is 6.31. The first kappa shape index (κ1) is 35.7. The maximum Gasteiger partial charge on any atom is 0.321 e. The number of imidazole rings is 1. The Morgan fingerprint density at radius 1 is 1.15 bits per heavy atom. The average Bonchev–Trinajstić information content (AvgIpc) is 3.50. The molecule has 0 radical (unpaired) electrons. The molecule has 4 atom stereocenters. The summed E-state index contributed by atoms with van der Waals surface area (Å²) in [5, 5.41) is 12.9. The van der Waals surface area contributed by atoms with Crippen molar-refractivity contribution in [1.29, 1.82) is 0 Å². The summed E-state index contributed by atoms with van der Waals surface area (Å²) in [7, 11) is -0.664. The number of benzene rings is 2. The molecule has 0 unspecified atom stereocenters. The van der Waals surface area contributed by atoms with Crippen LogP contribution < -0.4 is 14.8 Å². The van der Waals surface area contributed by atoms with E-state index in [1.165, 1.54) is 23.2 Å². The molecule has 0 fully saturated rings. The zero-order valence-electron chi connectivity index (χ0n) is 27.6. The van der Waals surface area contributed by atoms with E-state index >= 15 is 0 Å². The van der Waals surface area contributed by atoms with Gasteiger partial charge < -0.3 is 34.3 Å². The molecular weight excluding hydrogens is 624 g/mol. The van der Waals surface area contributed by atoms with Gasteiger partial charge in [0.2, 0.25) is 0 Å². The molecule has 14 heteroatoms. The van der Waals surface area contributed by atoms with Crippen LogP contribution in [0.2, 0.25) is 0 Å². The number of para-hydroxylation sites is 1. The highest BCUT2D eigenvalue weighted by Gasteiger charge is 2.31. The molecule has 4 rings (SSSR count). The first-order valence-corrected chi connectivity index (χ1v) is 17.3. The Kier molecular flexibility index (Phi) is 12.2. The first-order valence-electron chi connectivity index (χ1n) is 15.8. The van der Waals surface area contributed by atoms with Gasteiger partial charge in [-0.1, -0.05) is 25.1 Å². The minimum absolute atomic E-state index is 0.152. The van der Waals surface area contributed by atoms with Gasteiger partial charge in [-0.2, -0.15) is 8.42 Å². The van der Waals surface area contributed by atoms with E-state index in [0.717, 1.165) is 12.8 Å². The van der Waals surface area contributed by atoms with Crippen LogP contribution in [0.15, 0.2) is 66.1 Å². The number of carbonyl (C=O) groups is 2. The number of nitrogens with zero attached hydrogens (tertiary/aromatic N) is 4. The van der Waals surface area contributed by atoms with Crippen LogP contribution in [0, 0.1) is 5.92 Å². The van der Waals surface area contributed by atoms with Gasteiger partial charge in [0.1, 0.15) is 5.75 Å². The first-order chi connectivity index (χ1) is 22.4. The SMILES string of the molecule is C[C@H]1CCCCO[C@H](CN(C)C(=O)Nc2ccccc2)[C@@H](C)CN([C@@H](C)CO)C(=O)c2cc(NS(=O)(=O)c3cn(C)cn3)ccc2O1. The van der Waals surface area contributed by atoms with Crippen molar-refractivity contribution in [3.63, 3.8) is 0 Å². The summed E-state index contributed by atoms with van der Waals surface area (Å²) in [6.07, 6.45) is 4.38. The number of aliphatic hydroxyl groups is 1. The van der Waals surface area contributed by atoms with Crippen molar-refractivity contribution in [3.8, 4) is 5.75 Å². The number of anilines is 2. The van der Waals surface area contributed by atoms with E-state index in [0.29, 0.717) is 24.5 Å². The van der Waals surface area contributed by atoms with Crippen LogP contribution >= 0.6 is 0 Å². The summed E-state index contributed by atoms with van der Waals surface area (Å²) in [6.45, 7) is 6.22. The van der Waals surface area contributed by atoms with Gasteiger partial charge in [0.25, 0.3) is 15.9 Å². The molecule has 3 N–H and O–H groups in total. The number of urea groups is 1. The number of likely N-dealkylation sites (N-methyl/N-ethyl adjacent to an activating group) is 1. The quantitative estimate of drug-likeness (QED) is 0.323. The second-order valence-electron chi connectivity index (χ2n) is 12.2. The number of ether oxygens (including phenoxy) is 2. The van der Waals surface area contributed by atoms with E-state index in [2.05, 4.69) is 15.0 Å². The minimum Gasteiger partial charge on any atom is -0.490 e. The lowest BCUT2D eigenvalue weighted by atomic mass is 10.0. The number of aliphatic hydroxyl groups excluding tert-OH is 1. The van der Waals surface area contributed by atoms with Crippen molar-refractivity contribution in [3.05, 3.63) is 66.6 Å². The molecule has 0 aliphatic carbocycles. The van der Waals surface area contributed by atoms with Crippen molar-refractivity contribution < 1.29 is 32.6 Å². The molecule has 0 spiro atoms. The Morgan fingerprint density at radius 2 is 1.89 bits per heavy atom. The summed E-state index contributed by atoms with van der Waals surface area (Å²) < 4.78 is 42.7. The van der Waals surface area contributed by atoms with Gasteiger partial charge in [0.15, 0.2) is 5.03 Å². The van der Waals surface area contributed by atoms with E-state index in [4.69, 9.17) is 9.47 Å². The molecule has 2 aromatic carbocycles. The Bertz CT molecular complexity index is 1600. The standard InChI is InChI=1S/C33H46N6O7S/c1-23-18-39(24(2)21-40)32(41)28-17-27(36-47(43,44)31-20-37(4)22-34-31)14-15-29(28)46-25(3)11-9-10-16-45-30(23)19-38(5)33(42)35-26-12-7-6-8-13-26/h6-8,12-15,17,20,22-25,30,36,40H,9-11,16,18-19,21H2,1-5H3,(H,35,42)/t23-,24-,25-,30+/m0/s1. The number of rotatable bonds is 8. The van der Waals surface area contributed by atoms with Gasteiger partial charge in [0, 0.05) is 57.3 Å². The number of aryl methyl sites for hydroxylation is 1. The van der Waals surface area contributed by atoms with Gasteiger partial charge in [0.05, 0.1) is 36.7 Å². The molecule has 2 heterocycles. The summed E-state index contributed by atoms with van der Waals surface area (Å²) in [5.41, 5.74) is 0.992. The predicted octanol–water partition coefficient (Wildman–Crippen LogP) is 4.18. The zero-order valence-corrected chi connectivity index (χ0v) is 28.4. The number of hydrogen-bond acceptors (Lipinski definition) is 8. The highest BCUT2D eigenvalue weighted by molar-refractivity contribution is 7.92. The number of fused-ring (bicyclic) bond motifs is 1. The largest absolute Gasteiger partial charge is 0.490 e. The molecule has 0 bridgehead atoms. The Hall–Kier alpha value is -4.14. The van der Waals surface area contributed by atoms with Crippen LogP contribution in [-0.2, 0) is 21.8 Å². The maximum atomic E-state index is 14.3. The van der Waals surface area contributed by atoms with Gasteiger partial charge in [-0.25, -0.2) is 9.78 Å². The molecule has 3 aromatic rings. The maximum absolute atomic E-state index is 14.3. The van der Waals surface area contributed by atoms with Crippen molar-refractivity contribution in [2.24, 2.45) is 13.0 Å². The number of carbonyl (C=O) groups excluding carboxylic acids is 2. The summed E-state index contributed by atoms with van der Waals surface area (Å²) in [6, 6.07) is 12.9. The minimum atomic E-state index is -4.03. The summed E-state index contributed by atoms with van der Waals surface area (Å²) in [5.74, 6) is -0.379. The Balaban J connectivity index is 1.62.